The quantitative estimate of drug-likeness (QED) is 0.783. The summed E-state index contributed by atoms with van der Waals surface area (Å²) >= 11 is 1.85. The maximum absolute atomic E-state index is 11.3. The predicted octanol–water partition coefficient (Wildman–Crippen LogP) is 2.49. The van der Waals surface area contributed by atoms with Crippen LogP contribution in [0.2, 0.25) is 0 Å². The van der Waals surface area contributed by atoms with E-state index in [9.17, 15) is 8.42 Å². The molecule has 5 heteroatoms. The zero-order chi connectivity index (χ0) is 13.6. The van der Waals surface area contributed by atoms with E-state index in [2.05, 4.69) is 18.5 Å². The number of sulfone groups is 1. The van der Waals surface area contributed by atoms with Crippen molar-refractivity contribution in [2.24, 2.45) is 0 Å². The summed E-state index contributed by atoms with van der Waals surface area (Å²) in [6, 6.07) is 7.35. The molecular weight excluding hydrogens is 266 g/mol. The number of nitrogens with one attached hydrogen (secondary N) is 1. The van der Waals surface area contributed by atoms with Gasteiger partial charge in [0.2, 0.25) is 0 Å². The fourth-order valence-electron chi connectivity index (χ4n) is 1.66. The Kier molecular flexibility index (Phi) is 6.18. The van der Waals surface area contributed by atoms with Crippen molar-refractivity contribution in [3.05, 3.63) is 29.8 Å². The lowest BCUT2D eigenvalue weighted by Gasteiger charge is -2.14. The van der Waals surface area contributed by atoms with Crippen molar-refractivity contribution < 1.29 is 8.42 Å². The molecule has 0 fully saturated rings. The summed E-state index contributed by atoms with van der Waals surface area (Å²) in [6.07, 6.45) is 4.48. The lowest BCUT2D eigenvalue weighted by Crippen LogP contribution is -2.20. The zero-order valence-corrected chi connectivity index (χ0v) is 12.8. The third-order valence-electron chi connectivity index (χ3n) is 2.78. The third-order valence-corrected chi connectivity index (χ3v) is 4.61. The van der Waals surface area contributed by atoms with Gasteiger partial charge in [-0.3, -0.25) is 0 Å². The van der Waals surface area contributed by atoms with Gasteiger partial charge in [-0.05, 0) is 49.6 Å². The molecule has 1 atom stereocenters. The van der Waals surface area contributed by atoms with Crippen LogP contribution in [-0.4, -0.2) is 33.2 Å². The summed E-state index contributed by atoms with van der Waals surface area (Å²) in [5, 5.41) is 3.43. The number of hydrogen-bond donors (Lipinski definition) is 1. The number of rotatable bonds is 7. The Morgan fingerprint density at radius 3 is 2.39 bits per heavy atom. The highest BCUT2D eigenvalue weighted by atomic mass is 32.2. The molecule has 1 unspecified atom stereocenters. The average Bonchev–Trinajstić information content (AvgIpc) is 2.33. The first kappa shape index (κ1) is 15.5. The molecule has 1 aromatic rings. The van der Waals surface area contributed by atoms with Crippen LogP contribution in [0.1, 0.15) is 24.9 Å². The van der Waals surface area contributed by atoms with Crippen molar-refractivity contribution in [3.63, 3.8) is 0 Å². The van der Waals surface area contributed by atoms with E-state index in [1.807, 2.05) is 23.9 Å². The minimum Gasteiger partial charge on any atom is -0.310 e. The fraction of sp³-hybridized carbons (Fsp3) is 0.538. The molecule has 0 aromatic heterocycles. The van der Waals surface area contributed by atoms with Gasteiger partial charge in [0.1, 0.15) is 0 Å². The van der Waals surface area contributed by atoms with Crippen molar-refractivity contribution in [1.82, 2.24) is 5.32 Å². The summed E-state index contributed by atoms with van der Waals surface area (Å²) in [5.41, 5.74) is 1.12. The fourth-order valence-corrected chi connectivity index (χ4v) is 2.72. The van der Waals surface area contributed by atoms with Gasteiger partial charge in [-0.25, -0.2) is 8.42 Å². The smallest absolute Gasteiger partial charge is 0.175 e. The molecule has 0 aliphatic heterocycles. The molecule has 18 heavy (non-hydrogen) atoms. The minimum atomic E-state index is -3.09. The summed E-state index contributed by atoms with van der Waals surface area (Å²) < 4.78 is 22.7. The first-order chi connectivity index (χ1) is 8.45. The summed E-state index contributed by atoms with van der Waals surface area (Å²) in [7, 11) is -3.09. The maximum atomic E-state index is 11.3. The van der Waals surface area contributed by atoms with Crippen molar-refractivity contribution in [1.29, 1.82) is 0 Å². The van der Waals surface area contributed by atoms with Gasteiger partial charge in [0.05, 0.1) is 4.90 Å². The molecule has 1 N–H and O–H groups in total. The Morgan fingerprint density at radius 2 is 1.89 bits per heavy atom. The molecule has 1 rings (SSSR count). The van der Waals surface area contributed by atoms with E-state index in [0.29, 0.717) is 4.90 Å². The van der Waals surface area contributed by atoms with Crippen molar-refractivity contribution in [3.8, 4) is 0 Å². The van der Waals surface area contributed by atoms with E-state index in [1.54, 1.807) is 12.1 Å². The van der Waals surface area contributed by atoms with Gasteiger partial charge >= 0.3 is 0 Å². The van der Waals surface area contributed by atoms with E-state index < -0.39 is 9.84 Å². The molecule has 0 aliphatic carbocycles. The van der Waals surface area contributed by atoms with Crippen molar-refractivity contribution in [2.75, 3.05) is 24.8 Å². The van der Waals surface area contributed by atoms with Crippen LogP contribution in [0, 0.1) is 0 Å². The zero-order valence-electron chi connectivity index (χ0n) is 11.1. The van der Waals surface area contributed by atoms with Gasteiger partial charge in [-0.15, -0.1) is 0 Å². The summed E-state index contributed by atoms with van der Waals surface area (Å²) in [5.74, 6) is 1.16. The van der Waals surface area contributed by atoms with Crippen LogP contribution in [0.25, 0.3) is 0 Å². The van der Waals surface area contributed by atoms with E-state index in [-0.39, 0.29) is 6.04 Å². The molecule has 0 spiro atoms. The molecule has 0 aliphatic rings. The van der Waals surface area contributed by atoms with Crippen LogP contribution >= 0.6 is 11.8 Å². The second kappa shape index (κ2) is 7.16. The van der Waals surface area contributed by atoms with Gasteiger partial charge in [-0.2, -0.15) is 11.8 Å². The monoisotopic (exact) mass is 287 g/mol. The minimum absolute atomic E-state index is 0.250. The van der Waals surface area contributed by atoms with Crippen molar-refractivity contribution >= 4 is 21.6 Å². The van der Waals surface area contributed by atoms with E-state index in [4.69, 9.17) is 0 Å². The second-order valence-corrected chi connectivity index (χ2v) is 7.36. The summed E-state index contributed by atoms with van der Waals surface area (Å²) in [6.45, 7) is 3.07. The molecule has 0 amide bonds. The molecule has 0 radical (unpaired) electrons. The van der Waals surface area contributed by atoms with Gasteiger partial charge in [-0.1, -0.05) is 12.1 Å². The van der Waals surface area contributed by atoms with Crippen molar-refractivity contribution in [2.45, 2.75) is 24.3 Å². The van der Waals surface area contributed by atoms with Crippen LogP contribution in [0.3, 0.4) is 0 Å². The molecule has 1 aromatic carbocycles. The normalized spacial score (nSPS) is 13.5. The summed E-state index contributed by atoms with van der Waals surface area (Å²) in [4.78, 5) is 0.376. The molecule has 0 bridgehead atoms. The third kappa shape index (κ3) is 5.00. The van der Waals surface area contributed by atoms with Crippen LogP contribution in [0.4, 0.5) is 0 Å². The molecular formula is C13H21NO2S2. The van der Waals surface area contributed by atoms with Crippen LogP contribution in [-0.2, 0) is 9.84 Å². The number of benzene rings is 1. The SMILES string of the molecule is CSCCCNC(C)c1ccc(S(C)(=O)=O)cc1. The Hall–Kier alpha value is -0.520. The first-order valence-corrected chi connectivity index (χ1v) is 9.26. The van der Waals surface area contributed by atoms with Gasteiger partial charge in [0, 0.05) is 12.3 Å². The van der Waals surface area contributed by atoms with Crippen LogP contribution in [0.15, 0.2) is 29.2 Å². The topological polar surface area (TPSA) is 46.2 Å². The van der Waals surface area contributed by atoms with E-state index in [0.717, 1.165) is 24.3 Å². The van der Waals surface area contributed by atoms with Gasteiger partial charge in [0.25, 0.3) is 0 Å². The molecule has 102 valence electrons. The van der Waals surface area contributed by atoms with Gasteiger partial charge < -0.3 is 5.32 Å². The first-order valence-electron chi connectivity index (χ1n) is 5.97. The van der Waals surface area contributed by atoms with Crippen LogP contribution in [0.5, 0.6) is 0 Å². The predicted molar refractivity (Wildman–Crippen MR) is 79.0 cm³/mol. The van der Waals surface area contributed by atoms with Gasteiger partial charge in [0.15, 0.2) is 9.84 Å². The van der Waals surface area contributed by atoms with E-state index >= 15 is 0 Å². The van der Waals surface area contributed by atoms with E-state index in [1.165, 1.54) is 6.26 Å². The van der Waals surface area contributed by atoms with Crippen LogP contribution < -0.4 is 5.32 Å². The molecule has 0 saturated heterocycles. The standard InChI is InChI=1S/C13H21NO2S2/c1-11(14-9-4-10-17-2)12-5-7-13(8-6-12)18(3,15)16/h5-8,11,14H,4,9-10H2,1-3H3. The lowest BCUT2D eigenvalue weighted by atomic mass is 10.1. The second-order valence-electron chi connectivity index (χ2n) is 4.36. The highest BCUT2D eigenvalue weighted by Gasteiger charge is 2.08. The molecule has 3 nitrogen and oxygen atoms in total. The Balaban J connectivity index is 2.57. The Bertz CT molecular complexity index is 454. The Labute approximate surface area is 114 Å². The molecule has 0 heterocycles. The number of hydrogen-bond acceptors (Lipinski definition) is 4. The average molecular weight is 287 g/mol. The highest BCUT2D eigenvalue weighted by Crippen LogP contribution is 2.16. The largest absolute Gasteiger partial charge is 0.310 e. The Morgan fingerprint density at radius 1 is 1.28 bits per heavy atom. The maximum Gasteiger partial charge on any atom is 0.175 e. The number of thioether (sulfide) groups is 1. The lowest BCUT2D eigenvalue weighted by molar-refractivity contribution is 0.572. The molecule has 0 saturated carbocycles. The highest BCUT2D eigenvalue weighted by molar-refractivity contribution is 7.98.